The van der Waals surface area contributed by atoms with Gasteiger partial charge in [0.1, 0.15) is 0 Å². The molecule has 144 valence electrons. The molecule has 0 spiro atoms. The van der Waals surface area contributed by atoms with Crippen molar-refractivity contribution in [3.63, 3.8) is 0 Å². The molecule has 0 bridgehead atoms. The van der Waals surface area contributed by atoms with Gasteiger partial charge in [-0.1, -0.05) is 6.07 Å². The number of hydrogen-bond acceptors (Lipinski definition) is 4. The summed E-state index contributed by atoms with van der Waals surface area (Å²) in [5.74, 6) is 0.875. The third kappa shape index (κ3) is 4.21. The minimum absolute atomic E-state index is 0.126. The van der Waals surface area contributed by atoms with Crippen molar-refractivity contribution in [2.24, 2.45) is 5.92 Å². The minimum Gasteiger partial charge on any atom is -0.381 e. The molecular weight excluding hydrogens is 340 g/mol. The Bertz CT molecular complexity index is 762. The molecule has 6 nitrogen and oxygen atoms in total. The van der Waals surface area contributed by atoms with Gasteiger partial charge in [-0.3, -0.25) is 14.5 Å². The number of aromatic nitrogens is 3. The van der Waals surface area contributed by atoms with Crippen LogP contribution in [0.5, 0.6) is 0 Å². The van der Waals surface area contributed by atoms with Crippen LogP contribution in [-0.4, -0.2) is 40.4 Å². The predicted molar refractivity (Wildman–Crippen MR) is 103 cm³/mol. The lowest BCUT2D eigenvalue weighted by Crippen LogP contribution is -2.36. The van der Waals surface area contributed by atoms with E-state index in [1.807, 2.05) is 30.6 Å². The minimum atomic E-state index is 0.126. The van der Waals surface area contributed by atoms with Gasteiger partial charge >= 0.3 is 0 Å². The fraction of sp³-hybridized carbons (Fsp3) is 0.571. The second kappa shape index (κ2) is 8.21. The van der Waals surface area contributed by atoms with Gasteiger partial charge in [-0.05, 0) is 50.7 Å². The number of ether oxygens (including phenoxy) is 1. The average Bonchev–Trinajstić information content (AvgIpc) is 3.48. The first-order valence-corrected chi connectivity index (χ1v) is 10.0. The van der Waals surface area contributed by atoms with Crippen LogP contribution in [-0.2, 0) is 16.1 Å². The Hall–Kier alpha value is -2.21. The Kier molecular flexibility index (Phi) is 5.53. The van der Waals surface area contributed by atoms with Crippen molar-refractivity contribution in [1.82, 2.24) is 20.1 Å². The van der Waals surface area contributed by atoms with Crippen LogP contribution in [0.15, 0.2) is 30.6 Å². The first kappa shape index (κ1) is 18.2. The summed E-state index contributed by atoms with van der Waals surface area (Å²) >= 11 is 0. The van der Waals surface area contributed by atoms with Crippen LogP contribution >= 0.6 is 0 Å². The fourth-order valence-corrected chi connectivity index (χ4v) is 4.07. The van der Waals surface area contributed by atoms with Crippen molar-refractivity contribution in [3.05, 3.63) is 36.3 Å². The number of pyridine rings is 1. The summed E-state index contributed by atoms with van der Waals surface area (Å²) in [7, 11) is 1.76. The molecule has 0 aromatic carbocycles. The number of carbonyl (C=O) groups is 1. The summed E-state index contributed by atoms with van der Waals surface area (Å²) < 4.78 is 7.45. The van der Waals surface area contributed by atoms with Crippen LogP contribution < -0.4 is 5.32 Å². The Balaban J connectivity index is 1.35. The molecule has 2 aliphatic rings. The molecule has 1 amide bonds. The summed E-state index contributed by atoms with van der Waals surface area (Å²) in [6, 6.07) is 5.97. The van der Waals surface area contributed by atoms with Crippen LogP contribution in [0.4, 0.5) is 0 Å². The van der Waals surface area contributed by atoms with E-state index in [2.05, 4.69) is 20.1 Å². The van der Waals surface area contributed by atoms with Gasteiger partial charge in [-0.15, -0.1) is 0 Å². The Morgan fingerprint density at radius 2 is 2.04 bits per heavy atom. The molecule has 4 rings (SSSR count). The maximum absolute atomic E-state index is 12.4. The van der Waals surface area contributed by atoms with E-state index in [0.717, 1.165) is 36.9 Å². The van der Waals surface area contributed by atoms with E-state index in [4.69, 9.17) is 4.74 Å². The maximum Gasteiger partial charge on any atom is 0.223 e. The van der Waals surface area contributed by atoms with Crippen molar-refractivity contribution >= 4 is 5.91 Å². The molecule has 0 aliphatic heterocycles. The molecule has 2 aromatic heterocycles. The number of carbonyl (C=O) groups excluding carboxylic acids is 1. The van der Waals surface area contributed by atoms with Crippen molar-refractivity contribution in [2.75, 3.05) is 13.7 Å². The fourth-order valence-electron chi connectivity index (χ4n) is 4.07. The number of hydrogen-bond donors (Lipinski definition) is 1. The van der Waals surface area contributed by atoms with E-state index >= 15 is 0 Å². The monoisotopic (exact) mass is 368 g/mol. The average molecular weight is 368 g/mol. The van der Waals surface area contributed by atoms with E-state index in [0.29, 0.717) is 25.1 Å². The van der Waals surface area contributed by atoms with Crippen molar-refractivity contribution in [1.29, 1.82) is 0 Å². The van der Waals surface area contributed by atoms with E-state index in [9.17, 15) is 4.79 Å². The molecule has 1 N–H and O–H groups in total. The molecule has 2 aromatic rings. The molecule has 27 heavy (non-hydrogen) atoms. The summed E-state index contributed by atoms with van der Waals surface area (Å²) in [5.41, 5.74) is 3.37. The van der Waals surface area contributed by atoms with Gasteiger partial charge in [0.15, 0.2) is 0 Å². The Morgan fingerprint density at radius 1 is 1.22 bits per heavy atom. The third-order valence-electron chi connectivity index (χ3n) is 5.79. The molecule has 0 unspecified atom stereocenters. The van der Waals surface area contributed by atoms with Gasteiger partial charge in [0.25, 0.3) is 0 Å². The molecule has 0 atom stereocenters. The third-order valence-corrected chi connectivity index (χ3v) is 5.79. The van der Waals surface area contributed by atoms with Crippen molar-refractivity contribution in [2.45, 2.75) is 57.1 Å². The van der Waals surface area contributed by atoms with Gasteiger partial charge in [-0.2, -0.15) is 5.10 Å². The largest absolute Gasteiger partial charge is 0.381 e. The molecule has 2 saturated carbocycles. The lowest BCUT2D eigenvalue weighted by Gasteiger charge is -2.26. The molecule has 0 saturated heterocycles. The normalized spacial score (nSPS) is 22.6. The number of nitrogens with zero attached hydrogens (tertiary/aromatic N) is 3. The van der Waals surface area contributed by atoms with E-state index in [1.165, 1.54) is 18.5 Å². The highest BCUT2D eigenvalue weighted by Crippen LogP contribution is 2.44. The lowest BCUT2D eigenvalue weighted by molar-refractivity contribution is -0.126. The van der Waals surface area contributed by atoms with Crippen molar-refractivity contribution in [3.8, 4) is 11.3 Å². The van der Waals surface area contributed by atoms with Crippen LogP contribution in [0, 0.1) is 5.92 Å². The number of methoxy groups -OCH3 is 1. The summed E-state index contributed by atoms with van der Waals surface area (Å²) in [6.07, 6.45) is 10.3. The standard InChI is InChI=1S/C21H28N4O2/c1-27-17-9-7-16(8-10-17)21(26)23-12-13-25-20(15-5-6-15)18(14-24-25)19-4-2-3-11-22-19/h2-4,11,14-17H,5-10,12-13H2,1H3,(H,23,26). The first-order chi connectivity index (χ1) is 13.3. The Labute approximate surface area is 160 Å². The van der Waals surface area contributed by atoms with Gasteiger partial charge in [0.05, 0.1) is 30.2 Å². The van der Waals surface area contributed by atoms with Crippen molar-refractivity contribution < 1.29 is 9.53 Å². The second-order valence-corrected chi connectivity index (χ2v) is 7.66. The molecule has 6 heteroatoms. The number of amides is 1. The number of rotatable bonds is 7. The zero-order chi connectivity index (χ0) is 18.6. The molecule has 2 heterocycles. The smallest absolute Gasteiger partial charge is 0.223 e. The highest BCUT2D eigenvalue weighted by Gasteiger charge is 2.31. The quantitative estimate of drug-likeness (QED) is 0.815. The Morgan fingerprint density at radius 3 is 2.70 bits per heavy atom. The van der Waals surface area contributed by atoms with Crippen LogP contribution in [0.3, 0.4) is 0 Å². The molecule has 2 fully saturated rings. The van der Waals surface area contributed by atoms with Gasteiger partial charge in [0, 0.05) is 37.3 Å². The predicted octanol–water partition coefficient (Wildman–Crippen LogP) is 3.14. The molecule has 2 aliphatic carbocycles. The van der Waals surface area contributed by atoms with E-state index in [-0.39, 0.29) is 11.8 Å². The van der Waals surface area contributed by atoms with Gasteiger partial charge < -0.3 is 10.1 Å². The number of nitrogens with one attached hydrogen (secondary N) is 1. The van der Waals surface area contributed by atoms with E-state index in [1.54, 1.807) is 7.11 Å². The molecular formula is C21H28N4O2. The topological polar surface area (TPSA) is 69.0 Å². The van der Waals surface area contributed by atoms with Gasteiger partial charge in [-0.25, -0.2) is 0 Å². The SMILES string of the molecule is COC1CCC(C(=O)NCCn2ncc(-c3ccccn3)c2C2CC2)CC1. The van der Waals surface area contributed by atoms with Crippen LogP contribution in [0.25, 0.3) is 11.3 Å². The summed E-state index contributed by atoms with van der Waals surface area (Å²) in [6.45, 7) is 1.32. The van der Waals surface area contributed by atoms with Crippen LogP contribution in [0.1, 0.15) is 50.1 Å². The first-order valence-electron chi connectivity index (χ1n) is 10.0. The summed E-state index contributed by atoms with van der Waals surface area (Å²) in [4.78, 5) is 16.9. The lowest BCUT2D eigenvalue weighted by atomic mass is 9.87. The zero-order valence-corrected chi connectivity index (χ0v) is 15.9. The highest BCUT2D eigenvalue weighted by atomic mass is 16.5. The highest BCUT2D eigenvalue weighted by molar-refractivity contribution is 5.78. The van der Waals surface area contributed by atoms with E-state index < -0.39 is 0 Å². The maximum atomic E-state index is 12.4. The zero-order valence-electron chi connectivity index (χ0n) is 15.9. The second-order valence-electron chi connectivity index (χ2n) is 7.66. The summed E-state index contributed by atoms with van der Waals surface area (Å²) in [5, 5.41) is 7.71. The van der Waals surface area contributed by atoms with Crippen LogP contribution in [0.2, 0.25) is 0 Å². The molecule has 0 radical (unpaired) electrons. The van der Waals surface area contributed by atoms with Gasteiger partial charge in [0.2, 0.25) is 5.91 Å².